The van der Waals surface area contributed by atoms with Gasteiger partial charge in [0.2, 0.25) is 0 Å². The predicted octanol–water partition coefficient (Wildman–Crippen LogP) is 5.56. The fourth-order valence-electron chi connectivity index (χ4n) is 2.56. The molecule has 1 N–H and O–H groups in total. The van der Waals surface area contributed by atoms with Gasteiger partial charge in [0.25, 0.3) is 0 Å². The zero-order valence-electron chi connectivity index (χ0n) is 12.7. The maximum Gasteiger partial charge on any atom is 0.0372 e. The smallest absolute Gasteiger partial charge is 0.0372 e. The van der Waals surface area contributed by atoms with Crippen LogP contribution in [-0.2, 0) is 6.42 Å². The quantitative estimate of drug-likeness (QED) is 0.579. The zero-order chi connectivity index (χ0) is 15.4. The average molecular weight is 458 g/mol. The van der Waals surface area contributed by atoms with E-state index in [0.29, 0.717) is 6.04 Å². The van der Waals surface area contributed by atoms with Gasteiger partial charge in [-0.15, -0.1) is 0 Å². The fraction of sp³-hybridized carbons (Fsp3) is 0.333. The van der Waals surface area contributed by atoms with Gasteiger partial charge in [-0.05, 0) is 84.3 Å². The molecule has 0 heterocycles. The summed E-state index contributed by atoms with van der Waals surface area (Å²) in [6.07, 6.45) is 1.01. The number of hydrogen-bond acceptors (Lipinski definition) is 1. The van der Waals surface area contributed by atoms with Crippen molar-refractivity contribution < 1.29 is 0 Å². The molecule has 1 unspecified atom stereocenters. The lowest BCUT2D eigenvalue weighted by Gasteiger charge is -2.21. The van der Waals surface area contributed by atoms with Gasteiger partial charge in [0.05, 0.1) is 0 Å². The van der Waals surface area contributed by atoms with Crippen molar-refractivity contribution in [3.63, 3.8) is 0 Å². The molecule has 0 saturated carbocycles. The highest BCUT2D eigenvalue weighted by atomic mass is 127. The lowest BCUT2D eigenvalue weighted by molar-refractivity contribution is 0.546. The third-order valence-electron chi connectivity index (χ3n) is 3.71. The SMILES string of the molecule is CCNC(Cc1cc(C)ccc1C)c1cc(I)ccc1Br. The first-order chi connectivity index (χ1) is 10.0. The van der Waals surface area contributed by atoms with Gasteiger partial charge in [-0.2, -0.15) is 0 Å². The summed E-state index contributed by atoms with van der Waals surface area (Å²) in [6, 6.07) is 13.6. The third kappa shape index (κ3) is 4.54. The lowest BCUT2D eigenvalue weighted by atomic mass is 9.95. The van der Waals surface area contributed by atoms with Gasteiger partial charge < -0.3 is 5.32 Å². The Morgan fingerprint density at radius 2 is 1.90 bits per heavy atom. The first-order valence-corrected chi connectivity index (χ1v) is 9.13. The van der Waals surface area contributed by atoms with Gasteiger partial charge in [-0.3, -0.25) is 0 Å². The second-order valence-corrected chi connectivity index (χ2v) is 7.51. The minimum absolute atomic E-state index is 0.333. The van der Waals surface area contributed by atoms with Gasteiger partial charge >= 0.3 is 0 Å². The van der Waals surface area contributed by atoms with E-state index in [-0.39, 0.29) is 0 Å². The number of halogens is 2. The second-order valence-electron chi connectivity index (χ2n) is 5.41. The molecule has 2 rings (SSSR count). The molecule has 2 aromatic carbocycles. The second kappa shape index (κ2) is 7.75. The summed E-state index contributed by atoms with van der Waals surface area (Å²) in [5.41, 5.74) is 5.45. The molecule has 0 saturated heterocycles. The summed E-state index contributed by atoms with van der Waals surface area (Å²) < 4.78 is 2.45. The van der Waals surface area contributed by atoms with E-state index in [9.17, 15) is 0 Å². The van der Waals surface area contributed by atoms with Crippen molar-refractivity contribution in [1.82, 2.24) is 5.32 Å². The maximum atomic E-state index is 3.70. The molecule has 0 bridgehead atoms. The highest BCUT2D eigenvalue weighted by Gasteiger charge is 2.16. The average Bonchev–Trinajstić information content (AvgIpc) is 2.45. The maximum absolute atomic E-state index is 3.70. The van der Waals surface area contributed by atoms with Crippen LogP contribution in [0.3, 0.4) is 0 Å². The van der Waals surface area contributed by atoms with E-state index in [4.69, 9.17) is 0 Å². The van der Waals surface area contributed by atoms with Crippen molar-refractivity contribution in [3.8, 4) is 0 Å². The molecule has 0 aromatic heterocycles. The van der Waals surface area contributed by atoms with Crippen LogP contribution in [0.2, 0.25) is 0 Å². The Hall–Kier alpha value is -0.390. The van der Waals surface area contributed by atoms with Gasteiger partial charge in [-0.25, -0.2) is 0 Å². The summed E-state index contributed by atoms with van der Waals surface area (Å²) in [6.45, 7) is 7.49. The topological polar surface area (TPSA) is 12.0 Å². The number of hydrogen-bond donors (Lipinski definition) is 1. The van der Waals surface area contributed by atoms with E-state index < -0.39 is 0 Å². The number of nitrogens with one attached hydrogen (secondary N) is 1. The summed E-state index contributed by atoms with van der Waals surface area (Å²) >= 11 is 6.08. The highest BCUT2D eigenvalue weighted by Crippen LogP contribution is 2.29. The first kappa shape index (κ1) is 17.0. The van der Waals surface area contributed by atoms with Gasteiger partial charge in [0, 0.05) is 14.1 Å². The Bertz CT molecular complexity index is 625. The molecule has 1 atom stereocenters. The summed E-state index contributed by atoms with van der Waals surface area (Å²) in [5.74, 6) is 0. The normalized spacial score (nSPS) is 12.4. The Morgan fingerprint density at radius 1 is 1.14 bits per heavy atom. The molecule has 0 aliphatic heterocycles. The Labute approximate surface area is 149 Å². The van der Waals surface area contributed by atoms with E-state index >= 15 is 0 Å². The van der Waals surface area contributed by atoms with E-state index in [0.717, 1.165) is 13.0 Å². The molecule has 0 amide bonds. The first-order valence-electron chi connectivity index (χ1n) is 7.25. The van der Waals surface area contributed by atoms with Crippen LogP contribution in [-0.4, -0.2) is 6.54 Å². The summed E-state index contributed by atoms with van der Waals surface area (Å²) in [7, 11) is 0. The van der Waals surface area contributed by atoms with E-state index in [1.807, 2.05) is 0 Å². The lowest BCUT2D eigenvalue weighted by Crippen LogP contribution is -2.23. The van der Waals surface area contributed by atoms with Crippen molar-refractivity contribution in [2.45, 2.75) is 33.2 Å². The summed E-state index contributed by atoms with van der Waals surface area (Å²) in [4.78, 5) is 0. The molecular weight excluding hydrogens is 437 g/mol. The molecule has 3 heteroatoms. The molecule has 0 aliphatic rings. The number of aryl methyl sites for hydroxylation is 2. The van der Waals surface area contributed by atoms with Crippen LogP contribution in [0, 0.1) is 17.4 Å². The van der Waals surface area contributed by atoms with Crippen molar-refractivity contribution in [2.24, 2.45) is 0 Å². The van der Waals surface area contributed by atoms with Crippen LogP contribution in [0.25, 0.3) is 0 Å². The molecule has 1 nitrogen and oxygen atoms in total. The van der Waals surface area contributed by atoms with Gasteiger partial charge in [-0.1, -0.05) is 46.6 Å². The number of benzene rings is 2. The molecule has 0 spiro atoms. The summed E-state index contributed by atoms with van der Waals surface area (Å²) in [5, 5.41) is 3.63. The zero-order valence-corrected chi connectivity index (χ0v) is 16.5. The van der Waals surface area contributed by atoms with E-state index in [1.165, 1.54) is 30.3 Å². The molecule has 0 aliphatic carbocycles. The fourth-order valence-corrected chi connectivity index (χ4v) is 3.60. The molecule has 0 fully saturated rings. The minimum atomic E-state index is 0.333. The Morgan fingerprint density at radius 3 is 2.62 bits per heavy atom. The van der Waals surface area contributed by atoms with Crippen molar-refractivity contribution in [1.29, 1.82) is 0 Å². The van der Waals surface area contributed by atoms with Crippen LogP contribution in [0.4, 0.5) is 0 Å². The molecule has 21 heavy (non-hydrogen) atoms. The van der Waals surface area contributed by atoms with Crippen LogP contribution < -0.4 is 5.32 Å². The predicted molar refractivity (Wildman–Crippen MR) is 103 cm³/mol. The number of likely N-dealkylation sites (N-methyl/N-ethyl adjacent to an activating group) is 1. The van der Waals surface area contributed by atoms with Crippen molar-refractivity contribution in [3.05, 3.63) is 66.7 Å². The third-order valence-corrected chi connectivity index (χ3v) is 5.11. The van der Waals surface area contributed by atoms with Crippen molar-refractivity contribution in [2.75, 3.05) is 6.54 Å². The molecule has 0 radical (unpaired) electrons. The van der Waals surface area contributed by atoms with E-state index in [1.54, 1.807) is 0 Å². The standard InChI is InChI=1S/C18H21BrIN/c1-4-21-18(16-11-15(20)7-8-17(16)19)10-14-9-12(2)5-6-13(14)3/h5-9,11,18,21H,4,10H2,1-3H3. The van der Waals surface area contributed by atoms with E-state index in [2.05, 4.69) is 101 Å². The Kier molecular flexibility index (Phi) is 6.26. The van der Waals surface area contributed by atoms with Crippen LogP contribution in [0.5, 0.6) is 0 Å². The molecule has 2 aromatic rings. The van der Waals surface area contributed by atoms with Crippen LogP contribution in [0.15, 0.2) is 40.9 Å². The van der Waals surface area contributed by atoms with Crippen LogP contribution >= 0.6 is 38.5 Å². The van der Waals surface area contributed by atoms with Crippen LogP contribution in [0.1, 0.15) is 35.2 Å². The Balaban J connectivity index is 2.35. The number of rotatable bonds is 5. The monoisotopic (exact) mass is 457 g/mol. The molecular formula is C18H21BrIN. The van der Waals surface area contributed by atoms with Gasteiger partial charge in [0.1, 0.15) is 0 Å². The largest absolute Gasteiger partial charge is 0.310 e. The minimum Gasteiger partial charge on any atom is -0.310 e. The molecule has 112 valence electrons. The highest BCUT2D eigenvalue weighted by molar-refractivity contribution is 14.1. The van der Waals surface area contributed by atoms with Gasteiger partial charge in [0.15, 0.2) is 0 Å². The van der Waals surface area contributed by atoms with Crippen molar-refractivity contribution >= 4 is 38.5 Å².